The molecule has 0 saturated carbocycles. The van der Waals surface area contributed by atoms with Crippen molar-refractivity contribution in [2.45, 2.75) is 33.2 Å². The van der Waals surface area contributed by atoms with Gasteiger partial charge in [-0.1, -0.05) is 6.92 Å². The topological polar surface area (TPSA) is 37.4 Å². The number of methoxy groups -OCH3 is 1. The van der Waals surface area contributed by atoms with Crippen LogP contribution < -0.4 is 10.2 Å². The van der Waals surface area contributed by atoms with E-state index in [2.05, 4.69) is 42.0 Å². The van der Waals surface area contributed by atoms with Gasteiger partial charge in [-0.05, 0) is 26.3 Å². The Labute approximate surface area is 110 Å². The smallest absolute Gasteiger partial charge is 0.127 e. The maximum atomic E-state index is 5.23. The van der Waals surface area contributed by atoms with Crippen LogP contribution in [-0.4, -0.2) is 37.8 Å². The number of aromatic nitrogens is 1. The van der Waals surface area contributed by atoms with Crippen molar-refractivity contribution in [3.8, 4) is 0 Å². The lowest BCUT2D eigenvalue weighted by atomic mass is 10.2. The summed E-state index contributed by atoms with van der Waals surface area (Å²) in [6, 6.07) is 4.51. The molecule has 1 atom stereocenters. The van der Waals surface area contributed by atoms with E-state index in [0.717, 1.165) is 31.9 Å². The van der Waals surface area contributed by atoms with E-state index in [1.54, 1.807) is 7.11 Å². The monoisotopic (exact) mass is 251 g/mol. The van der Waals surface area contributed by atoms with E-state index in [9.17, 15) is 0 Å². The highest BCUT2D eigenvalue weighted by molar-refractivity contribution is 5.54. The van der Waals surface area contributed by atoms with Crippen molar-refractivity contribution < 1.29 is 4.74 Å². The lowest BCUT2D eigenvalue weighted by Crippen LogP contribution is -2.36. The number of hydrogen-bond acceptors (Lipinski definition) is 4. The van der Waals surface area contributed by atoms with Crippen LogP contribution in [0.1, 0.15) is 27.2 Å². The van der Waals surface area contributed by atoms with Gasteiger partial charge in [0, 0.05) is 44.2 Å². The quantitative estimate of drug-likeness (QED) is 0.771. The molecular weight excluding hydrogens is 226 g/mol. The second-order valence-electron chi connectivity index (χ2n) is 4.42. The number of pyridine rings is 1. The first-order valence-electron chi connectivity index (χ1n) is 6.68. The summed E-state index contributed by atoms with van der Waals surface area (Å²) in [7, 11) is 1.74. The highest BCUT2D eigenvalue weighted by Crippen LogP contribution is 2.19. The van der Waals surface area contributed by atoms with Gasteiger partial charge in [-0.15, -0.1) is 0 Å². The zero-order valence-corrected chi connectivity index (χ0v) is 11.9. The van der Waals surface area contributed by atoms with Gasteiger partial charge in [-0.3, -0.25) is 0 Å². The van der Waals surface area contributed by atoms with Crippen molar-refractivity contribution in [1.82, 2.24) is 4.98 Å². The van der Waals surface area contributed by atoms with Gasteiger partial charge < -0.3 is 15.0 Å². The van der Waals surface area contributed by atoms with Gasteiger partial charge in [0.1, 0.15) is 5.82 Å². The minimum Gasteiger partial charge on any atom is -0.383 e. The zero-order chi connectivity index (χ0) is 13.4. The Morgan fingerprint density at radius 1 is 1.44 bits per heavy atom. The molecule has 0 fully saturated rings. The predicted molar refractivity (Wildman–Crippen MR) is 77.4 cm³/mol. The fourth-order valence-corrected chi connectivity index (χ4v) is 2.03. The Kier molecular flexibility index (Phi) is 6.50. The van der Waals surface area contributed by atoms with E-state index >= 15 is 0 Å². The van der Waals surface area contributed by atoms with Crippen molar-refractivity contribution in [1.29, 1.82) is 0 Å². The molecule has 0 saturated heterocycles. The number of nitrogens with zero attached hydrogens (tertiary/aromatic N) is 2. The van der Waals surface area contributed by atoms with Crippen LogP contribution in [0.4, 0.5) is 11.5 Å². The molecule has 0 aromatic carbocycles. The third-order valence-electron chi connectivity index (χ3n) is 2.91. The number of ether oxygens (including phenoxy) is 1. The molecule has 4 heteroatoms. The van der Waals surface area contributed by atoms with Crippen molar-refractivity contribution in [3.63, 3.8) is 0 Å². The average molecular weight is 251 g/mol. The molecular formula is C14H25N3O. The molecule has 1 N–H and O–H groups in total. The molecule has 0 bridgehead atoms. The summed E-state index contributed by atoms with van der Waals surface area (Å²) in [5.74, 6) is 0.942. The van der Waals surface area contributed by atoms with Gasteiger partial charge >= 0.3 is 0 Å². The standard InChI is InChI=1S/C14H25N3O/c1-5-8-15-14-10-13(7-9-16-14)17(6-2)12(3)11-18-4/h7,9-10,12H,5-6,8,11H2,1-4H3,(H,15,16). The van der Waals surface area contributed by atoms with E-state index in [-0.39, 0.29) is 0 Å². The first kappa shape index (κ1) is 14.8. The molecule has 0 aliphatic carbocycles. The second-order valence-corrected chi connectivity index (χ2v) is 4.42. The summed E-state index contributed by atoms with van der Waals surface area (Å²) in [6.45, 7) is 9.13. The van der Waals surface area contributed by atoms with E-state index in [1.165, 1.54) is 5.69 Å². The lowest BCUT2D eigenvalue weighted by Gasteiger charge is -2.29. The minimum atomic E-state index is 0.362. The highest BCUT2D eigenvalue weighted by Gasteiger charge is 2.13. The molecule has 0 radical (unpaired) electrons. The molecule has 0 aliphatic rings. The number of anilines is 2. The Bertz CT molecular complexity index is 344. The molecule has 18 heavy (non-hydrogen) atoms. The fourth-order valence-electron chi connectivity index (χ4n) is 2.03. The van der Waals surface area contributed by atoms with Crippen LogP contribution in [0.15, 0.2) is 18.3 Å². The molecule has 1 unspecified atom stereocenters. The van der Waals surface area contributed by atoms with E-state index < -0.39 is 0 Å². The fraction of sp³-hybridized carbons (Fsp3) is 0.643. The van der Waals surface area contributed by atoms with Crippen molar-refractivity contribution in [2.75, 3.05) is 37.0 Å². The summed E-state index contributed by atoms with van der Waals surface area (Å²) in [5, 5.41) is 3.32. The molecule has 1 rings (SSSR count). The maximum Gasteiger partial charge on any atom is 0.127 e. The summed E-state index contributed by atoms with van der Waals surface area (Å²) >= 11 is 0. The summed E-state index contributed by atoms with van der Waals surface area (Å²) in [6.07, 6.45) is 2.96. The third-order valence-corrected chi connectivity index (χ3v) is 2.91. The highest BCUT2D eigenvalue weighted by atomic mass is 16.5. The van der Waals surface area contributed by atoms with Crippen molar-refractivity contribution >= 4 is 11.5 Å². The van der Waals surface area contributed by atoms with Crippen LogP contribution in [0.2, 0.25) is 0 Å². The average Bonchev–Trinajstić information content (AvgIpc) is 2.38. The van der Waals surface area contributed by atoms with Gasteiger partial charge in [0.2, 0.25) is 0 Å². The summed E-state index contributed by atoms with van der Waals surface area (Å²) in [4.78, 5) is 6.65. The van der Waals surface area contributed by atoms with Gasteiger partial charge in [0.15, 0.2) is 0 Å². The van der Waals surface area contributed by atoms with Crippen LogP contribution in [0.25, 0.3) is 0 Å². The molecule has 0 aliphatic heterocycles. The van der Waals surface area contributed by atoms with E-state index in [1.807, 2.05) is 12.3 Å². The SMILES string of the molecule is CCCNc1cc(N(CC)C(C)COC)ccn1. The van der Waals surface area contributed by atoms with Crippen LogP contribution in [0.5, 0.6) is 0 Å². The Balaban J connectivity index is 2.78. The Hall–Kier alpha value is -1.29. The number of rotatable bonds is 8. The summed E-state index contributed by atoms with van der Waals surface area (Å²) in [5.41, 5.74) is 1.19. The molecule has 0 spiro atoms. The molecule has 1 heterocycles. The first-order chi connectivity index (χ1) is 8.72. The summed E-state index contributed by atoms with van der Waals surface area (Å²) < 4.78 is 5.23. The zero-order valence-electron chi connectivity index (χ0n) is 11.9. The largest absolute Gasteiger partial charge is 0.383 e. The molecule has 4 nitrogen and oxygen atoms in total. The Morgan fingerprint density at radius 3 is 2.83 bits per heavy atom. The van der Waals surface area contributed by atoms with Crippen LogP contribution >= 0.6 is 0 Å². The maximum absolute atomic E-state index is 5.23. The van der Waals surface area contributed by atoms with Crippen LogP contribution in [-0.2, 0) is 4.74 Å². The second kappa shape index (κ2) is 7.93. The van der Waals surface area contributed by atoms with E-state index in [0.29, 0.717) is 6.04 Å². The lowest BCUT2D eigenvalue weighted by molar-refractivity contribution is 0.182. The van der Waals surface area contributed by atoms with Crippen molar-refractivity contribution in [3.05, 3.63) is 18.3 Å². The van der Waals surface area contributed by atoms with E-state index in [4.69, 9.17) is 4.74 Å². The van der Waals surface area contributed by atoms with Crippen LogP contribution in [0.3, 0.4) is 0 Å². The normalized spacial score (nSPS) is 12.2. The van der Waals surface area contributed by atoms with Gasteiger partial charge in [0.25, 0.3) is 0 Å². The minimum absolute atomic E-state index is 0.362. The number of nitrogens with one attached hydrogen (secondary N) is 1. The van der Waals surface area contributed by atoms with Crippen molar-refractivity contribution in [2.24, 2.45) is 0 Å². The van der Waals surface area contributed by atoms with Gasteiger partial charge in [-0.2, -0.15) is 0 Å². The number of hydrogen-bond donors (Lipinski definition) is 1. The molecule has 1 aromatic rings. The first-order valence-corrected chi connectivity index (χ1v) is 6.68. The van der Waals surface area contributed by atoms with Gasteiger partial charge in [-0.25, -0.2) is 4.98 Å². The number of likely N-dealkylation sites (N-methyl/N-ethyl adjacent to an activating group) is 1. The molecule has 0 amide bonds. The van der Waals surface area contributed by atoms with Gasteiger partial charge in [0.05, 0.1) is 6.61 Å². The molecule has 102 valence electrons. The predicted octanol–water partition coefficient (Wildman–Crippen LogP) is 2.76. The van der Waals surface area contributed by atoms with Crippen LogP contribution in [0, 0.1) is 0 Å². The third kappa shape index (κ3) is 4.18. The Morgan fingerprint density at radius 2 is 2.22 bits per heavy atom. The molecule has 1 aromatic heterocycles.